The summed E-state index contributed by atoms with van der Waals surface area (Å²) in [5, 5.41) is 15.0. The normalized spacial score (nSPS) is 11.6. The highest BCUT2D eigenvalue weighted by atomic mass is 14.2. The van der Waals surface area contributed by atoms with Crippen LogP contribution >= 0.6 is 0 Å². The zero-order valence-electron chi connectivity index (χ0n) is 36.2. The van der Waals surface area contributed by atoms with Gasteiger partial charge in [-0.2, -0.15) is 0 Å². The second kappa shape index (κ2) is 15.6. The van der Waals surface area contributed by atoms with Crippen molar-refractivity contribution in [2.75, 3.05) is 0 Å². The van der Waals surface area contributed by atoms with E-state index in [1.165, 1.54) is 131 Å². The largest absolute Gasteiger partial charge is 0.0622 e. The van der Waals surface area contributed by atoms with Crippen molar-refractivity contribution in [1.82, 2.24) is 0 Å². The topological polar surface area (TPSA) is 0 Å². The average molecular weight is 835 g/mol. The Morgan fingerprint density at radius 1 is 0.152 bits per heavy atom. The molecule has 0 saturated heterocycles. The summed E-state index contributed by atoms with van der Waals surface area (Å²) in [5.74, 6) is 0. The van der Waals surface area contributed by atoms with Crippen molar-refractivity contribution < 1.29 is 0 Å². The number of hydrogen-bond acceptors (Lipinski definition) is 0. The second-order valence-electron chi connectivity index (χ2n) is 17.6. The van der Waals surface area contributed by atoms with E-state index in [4.69, 9.17) is 0 Å². The van der Waals surface area contributed by atoms with Crippen LogP contribution < -0.4 is 0 Å². The maximum atomic E-state index is 2.43. The fourth-order valence-electron chi connectivity index (χ4n) is 10.6. The molecule has 306 valence electrons. The molecule has 0 bridgehead atoms. The Kier molecular flexibility index (Phi) is 8.96. The Hall–Kier alpha value is -8.58. The fraction of sp³-hybridized carbons (Fsp3) is 0. The van der Waals surface area contributed by atoms with E-state index in [9.17, 15) is 0 Å². The van der Waals surface area contributed by atoms with Crippen LogP contribution in [0.3, 0.4) is 0 Å². The molecule has 0 heteroatoms. The first kappa shape index (κ1) is 37.9. The number of rotatable bonds is 6. The Morgan fingerprint density at radius 3 is 1.17 bits per heavy atom. The first-order valence-corrected chi connectivity index (χ1v) is 22.9. The van der Waals surface area contributed by atoms with Gasteiger partial charge in [-0.3, -0.25) is 0 Å². The van der Waals surface area contributed by atoms with Gasteiger partial charge >= 0.3 is 0 Å². The molecule has 0 aromatic heterocycles. The standard InChI is InChI=1S/C66H42/c1-3-16-45(17-4-1)61-39-49-21-9-10-22-50(49)40-62(61)53-34-36-56-55-35-33-51(38-54(55)42-63(64(56)41-53)52-32-29-43-15-7-8-20-48(43)37-52)44-27-30-47(31-28-44)66-59-25-13-11-23-57(59)65(46-18-5-2-6-19-46)58-24-12-14-26-60(58)66/h1-42H. The summed E-state index contributed by atoms with van der Waals surface area (Å²) < 4.78 is 0. The van der Waals surface area contributed by atoms with Crippen molar-refractivity contribution >= 4 is 64.6 Å². The van der Waals surface area contributed by atoms with Gasteiger partial charge in [-0.05, 0) is 168 Å². The van der Waals surface area contributed by atoms with E-state index in [1.54, 1.807) is 0 Å². The lowest BCUT2D eigenvalue weighted by atomic mass is 9.85. The van der Waals surface area contributed by atoms with E-state index < -0.39 is 0 Å². The van der Waals surface area contributed by atoms with E-state index in [1.807, 2.05) is 0 Å². The molecule has 0 aliphatic rings. The molecule has 13 aromatic rings. The summed E-state index contributed by atoms with van der Waals surface area (Å²) in [6.45, 7) is 0. The highest BCUT2D eigenvalue weighted by Crippen LogP contribution is 2.45. The third-order valence-electron chi connectivity index (χ3n) is 13.8. The van der Waals surface area contributed by atoms with E-state index in [-0.39, 0.29) is 0 Å². The summed E-state index contributed by atoms with van der Waals surface area (Å²) in [5.41, 5.74) is 14.8. The molecule has 0 saturated carbocycles. The monoisotopic (exact) mass is 834 g/mol. The highest BCUT2D eigenvalue weighted by molar-refractivity contribution is 6.21. The first-order chi connectivity index (χ1) is 32.7. The predicted octanol–water partition coefficient (Wildman–Crippen LogP) is 18.6. The molecule has 0 aliphatic carbocycles. The third-order valence-corrected chi connectivity index (χ3v) is 13.8. The molecule has 0 unspecified atom stereocenters. The van der Waals surface area contributed by atoms with Gasteiger partial charge < -0.3 is 0 Å². The molecule has 0 aliphatic heterocycles. The van der Waals surface area contributed by atoms with Gasteiger partial charge in [-0.25, -0.2) is 0 Å². The van der Waals surface area contributed by atoms with Gasteiger partial charge in [0.1, 0.15) is 0 Å². The molecular weight excluding hydrogens is 793 g/mol. The summed E-state index contributed by atoms with van der Waals surface area (Å²) in [6.07, 6.45) is 0. The molecule has 0 atom stereocenters. The molecule has 0 fully saturated rings. The highest BCUT2D eigenvalue weighted by Gasteiger charge is 2.18. The molecule has 0 nitrogen and oxygen atoms in total. The zero-order valence-corrected chi connectivity index (χ0v) is 36.2. The quantitative estimate of drug-likeness (QED) is 0.116. The SMILES string of the molecule is c1ccc(-c2cc3ccccc3cc2-c2ccc3c(c2)c(-c2ccc4ccccc4c2)cc2cc(-c4ccc(-c5c6ccccc6c(-c6ccccc6)c6ccccc56)cc4)ccc23)cc1. The Labute approximate surface area is 384 Å². The number of benzene rings is 13. The number of fused-ring (bicyclic) bond motifs is 7. The fourth-order valence-corrected chi connectivity index (χ4v) is 10.6. The molecule has 13 aromatic carbocycles. The van der Waals surface area contributed by atoms with Crippen LogP contribution in [-0.4, -0.2) is 0 Å². The van der Waals surface area contributed by atoms with Crippen LogP contribution in [0.1, 0.15) is 0 Å². The smallest absolute Gasteiger partial charge is 0.00264 e. The first-order valence-electron chi connectivity index (χ1n) is 22.9. The lowest BCUT2D eigenvalue weighted by molar-refractivity contribution is 1.61. The Bertz CT molecular complexity index is 3950. The molecule has 0 amide bonds. The van der Waals surface area contributed by atoms with Crippen LogP contribution in [-0.2, 0) is 0 Å². The Balaban J connectivity index is 0.966. The van der Waals surface area contributed by atoms with Crippen molar-refractivity contribution in [2.24, 2.45) is 0 Å². The molecule has 0 heterocycles. The van der Waals surface area contributed by atoms with E-state index in [0.29, 0.717) is 0 Å². The van der Waals surface area contributed by atoms with Crippen LogP contribution in [0.2, 0.25) is 0 Å². The van der Waals surface area contributed by atoms with Crippen LogP contribution in [0.25, 0.3) is 131 Å². The minimum absolute atomic E-state index is 1.20. The molecule has 66 heavy (non-hydrogen) atoms. The minimum atomic E-state index is 1.20. The van der Waals surface area contributed by atoms with Crippen LogP contribution in [0.4, 0.5) is 0 Å². The average Bonchev–Trinajstić information content (AvgIpc) is 3.39. The second-order valence-corrected chi connectivity index (χ2v) is 17.6. The van der Waals surface area contributed by atoms with Crippen molar-refractivity contribution in [2.45, 2.75) is 0 Å². The van der Waals surface area contributed by atoms with Crippen LogP contribution in [0.15, 0.2) is 255 Å². The molecule has 0 spiro atoms. The summed E-state index contributed by atoms with van der Waals surface area (Å²) in [6, 6.07) is 94.2. The van der Waals surface area contributed by atoms with Gasteiger partial charge in [-0.1, -0.05) is 218 Å². The maximum absolute atomic E-state index is 2.43. The Morgan fingerprint density at radius 2 is 0.545 bits per heavy atom. The lowest BCUT2D eigenvalue weighted by Crippen LogP contribution is -1.91. The van der Waals surface area contributed by atoms with Crippen molar-refractivity contribution in [3.63, 3.8) is 0 Å². The van der Waals surface area contributed by atoms with Crippen LogP contribution in [0.5, 0.6) is 0 Å². The summed E-state index contributed by atoms with van der Waals surface area (Å²) >= 11 is 0. The van der Waals surface area contributed by atoms with E-state index >= 15 is 0 Å². The lowest BCUT2D eigenvalue weighted by Gasteiger charge is -2.18. The van der Waals surface area contributed by atoms with Gasteiger partial charge in [0.2, 0.25) is 0 Å². The molecule has 13 rings (SSSR count). The minimum Gasteiger partial charge on any atom is -0.0622 e. The van der Waals surface area contributed by atoms with Gasteiger partial charge in [0, 0.05) is 0 Å². The van der Waals surface area contributed by atoms with Crippen molar-refractivity contribution in [1.29, 1.82) is 0 Å². The summed E-state index contributed by atoms with van der Waals surface area (Å²) in [4.78, 5) is 0. The van der Waals surface area contributed by atoms with Crippen molar-refractivity contribution in [3.05, 3.63) is 255 Å². The molecular formula is C66H42. The van der Waals surface area contributed by atoms with E-state index in [0.717, 1.165) is 0 Å². The summed E-state index contributed by atoms with van der Waals surface area (Å²) in [7, 11) is 0. The zero-order chi connectivity index (χ0) is 43.6. The molecule has 0 N–H and O–H groups in total. The third kappa shape index (κ3) is 6.38. The number of hydrogen-bond donors (Lipinski definition) is 0. The van der Waals surface area contributed by atoms with Gasteiger partial charge in [0.25, 0.3) is 0 Å². The van der Waals surface area contributed by atoms with Crippen LogP contribution in [0, 0.1) is 0 Å². The van der Waals surface area contributed by atoms with E-state index in [2.05, 4.69) is 255 Å². The van der Waals surface area contributed by atoms with Gasteiger partial charge in [0.05, 0.1) is 0 Å². The predicted molar refractivity (Wildman–Crippen MR) is 284 cm³/mol. The van der Waals surface area contributed by atoms with Crippen molar-refractivity contribution in [3.8, 4) is 66.8 Å². The maximum Gasteiger partial charge on any atom is -0.00264 e. The van der Waals surface area contributed by atoms with Gasteiger partial charge in [0.15, 0.2) is 0 Å². The molecule has 0 radical (unpaired) electrons. The van der Waals surface area contributed by atoms with Gasteiger partial charge in [-0.15, -0.1) is 0 Å².